The molecule has 28 heavy (non-hydrogen) atoms. The zero-order chi connectivity index (χ0) is 19.7. The number of benzene rings is 1. The van der Waals surface area contributed by atoms with E-state index in [4.69, 9.17) is 0 Å². The molecule has 1 aromatic rings. The summed E-state index contributed by atoms with van der Waals surface area (Å²) in [6, 6.07) is 7.08. The lowest BCUT2D eigenvalue weighted by molar-refractivity contribution is -0.140. The highest BCUT2D eigenvalue weighted by atomic mass is 16.2. The fraction of sp³-hybridized carbons (Fsp3) is 0.524. The van der Waals surface area contributed by atoms with E-state index in [2.05, 4.69) is 10.6 Å². The minimum atomic E-state index is -0.317. The summed E-state index contributed by atoms with van der Waals surface area (Å²) in [5.74, 6) is -1.18. The number of carbonyl (C=O) groups excluding carboxylic acids is 4. The van der Waals surface area contributed by atoms with Crippen LogP contribution in [0.3, 0.4) is 0 Å². The fourth-order valence-corrected chi connectivity index (χ4v) is 4.16. The number of amides is 4. The average Bonchev–Trinajstić information content (AvgIpc) is 3.48. The van der Waals surface area contributed by atoms with Crippen LogP contribution in [0, 0.1) is 11.8 Å². The molecule has 1 aromatic carbocycles. The highest BCUT2D eigenvalue weighted by molar-refractivity contribution is 6.06. The molecule has 1 heterocycles. The summed E-state index contributed by atoms with van der Waals surface area (Å²) in [6.45, 7) is 0.0902. The van der Waals surface area contributed by atoms with Crippen molar-refractivity contribution >= 4 is 29.3 Å². The van der Waals surface area contributed by atoms with Gasteiger partial charge in [0, 0.05) is 19.0 Å². The SMILES string of the molecule is O=C(CCN1C(=O)[C@H]2CCCC[C@@H]2C1=O)Nc1ccccc1C(=O)NC1CC1. The van der Waals surface area contributed by atoms with E-state index in [1.807, 2.05) is 0 Å². The third kappa shape index (κ3) is 3.79. The van der Waals surface area contributed by atoms with Crippen molar-refractivity contribution in [3.8, 4) is 0 Å². The first-order chi connectivity index (χ1) is 13.5. The lowest BCUT2D eigenvalue weighted by Gasteiger charge is -2.19. The molecule has 7 heteroatoms. The fourth-order valence-electron chi connectivity index (χ4n) is 4.16. The van der Waals surface area contributed by atoms with Crippen LogP contribution in [0.25, 0.3) is 0 Å². The van der Waals surface area contributed by atoms with Gasteiger partial charge in [0.15, 0.2) is 0 Å². The molecule has 2 aliphatic carbocycles. The summed E-state index contributed by atoms with van der Waals surface area (Å²) in [7, 11) is 0. The Balaban J connectivity index is 1.35. The van der Waals surface area contributed by atoms with E-state index in [-0.39, 0.29) is 54.5 Å². The van der Waals surface area contributed by atoms with Crippen LogP contribution in [0.1, 0.15) is 55.3 Å². The highest BCUT2D eigenvalue weighted by Crippen LogP contribution is 2.38. The first kappa shape index (κ1) is 18.7. The molecule has 0 radical (unpaired) electrons. The zero-order valence-corrected chi connectivity index (χ0v) is 15.8. The molecule has 4 amide bonds. The quantitative estimate of drug-likeness (QED) is 0.735. The predicted molar refractivity (Wildman–Crippen MR) is 102 cm³/mol. The lowest BCUT2D eigenvalue weighted by atomic mass is 9.81. The van der Waals surface area contributed by atoms with Gasteiger partial charge in [0.05, 0.1) is 23.1 Å². The third-order valence-corrected chi connectivity index (χ3v) is 5.85. The molecular formula is C21H25N3O4. The van der Waals surface area contributed by atoms with E-state index in [1.54, 1.807) is 24.3 Å². The van der Waals surface area contributed by atoms with Crippen molar-refractivity contribution in [2.45, 2.75) is 51.0 Å². The maximum atomic E-state index is 12.5. The van der Waals surface area contributed by atoms with Gasteiger partial charge in [-0.25, -0.2) is 0 Å². The van der Waals surface area contributed by atoms with Gasteiger partial charge in [-0.1, -0.05) is 25.0 Å². The number of fused-ring (bicyclic) bond motifs is 1. The topological polar surface area (TPSA) is 95.6 Å². The van der Waals surface area contributed by atoms with Crippen molar-refractivity contribution in [3.05, 3.63) is 29.8 Å². The third-order valence-electron chi connectivity index (χ3n) is 5.85. The molecule has 7 nitrogen and oxygen atoms in total. The number of para-hydroxylation sites is 1. The molecule has 1 aliphatic heterocycles. The molecular weight excluding hydrogens is 358 g/mol. The minimum Gasteiger partial charge on any atom is -0.349 e. The number of nitrogens with one attached hydrogen (secondary N) is 2. The second-order valence-corrected chi connectivity index (χ2v) is 7.92. The van der Waals surface area contributed by atoms with E-state index >= 15 is 0 Å². The van der Waals surface area contributed by atoms with Crippen LogP contribution < -0.4 is 10.6 Å². The van der Waals surface area contributed by atoms with Crippen molar-refractivity contribution in [2.24, 2.45) is 11.8 Å². The van der Waals surface area contributed by atoms with Gasteiger partial charge in [0.25, 0.3) is 5.91 Å². The predicted octanol–water partition coefficient (Wildman–Crippen LogP) is 2.08. The first-order valence-corrected chi connectivity index (χ1v) is 10.1. The van der Waals surface area contributed by atoms with Gasteiger partial charge < -0.3 is 10.6 Å². The normalized spacial score (nSPS) is 24.1. The van der Waals surface area contributed by atoms with E-state index in [0.29, 0.717) is 11.3 Å². The molecule has 2 saturated carbocycles. The van der Waals surface area contributed by atoms with Gasteiger partial charge >= 0.3 is 0 Å². The summed E-state index contributed by atoms with van der Waals surface area (Å²) in [4.78, 5) is 51.0. The number of imide groups is 1. The number of hydrogen-bond donors (Lipinski definition) is 2. The molecule has 2 N–H and O–H groups in total. The largest absolute Gasteiger partial charge is 0.349 e. The second kappa shape index (κ2) is 7.73. The Kier molecular flexibility index (Phi) is 5.15. The Morgan fingerprint density at radius 1 is 0.964 bits per heavy atom. The summed E-state index contributed by atoms with van der Waals surface area (Å²) >= 11 is 0. The lowest BCUT2D eigenvalue weighted by Crippen LogP contribution is -2.34. The molecule has 0 unspecified atom stereocenters. The van der Waals surface area contributed by atoms with Crippen LogP contribution in [0.15, 0.2) is 24.3 Å². The van der Waals surface area contributed by atoms with Crippen LogP contribution in [0.5, 0.6) is 0 Å². The van der Waals surface area contributed by atoms with Crippen molar-refractivity contribution in [3.63, 3.8) is 0 Å². The molecule has 4 rings (SSSR count). The standard InChI is InChI=1S/C21H25N3O4/c25-18(11-12-24-20(27)14-5-1-2-6-15(14)21(24)28)23-17-8-4-3-7-16(17)19(26)22-13-9-10-13/h3-4,7-8,13-15H,1-2,5-6,9-12H2,(H,22,26)(H,23,25)/t14-,15-/m0/s1. The molecule has 2 atom stereocenters. The molecule has 0 bridgehead atoms. The monoisotopic (exact) mass is 383 g/mol. The van der Waals surface area contributed by atoms with E-state index in [1.165, 1.54) is 4.90 Å². The van der Waals surface area contributed by atoms with E-state index in [0.717, 1.165) is 38.5 Å². The maximum Gasteiger partial charge on any atom is 0.253 e. The summed E-state index contributed by atoms with van der Waals surface area (Å²) in [5.41, 5.74) is 0.862. The van der Waals surface area contributed by atoms with Crippen LogP contribution in [0.4, 0.5) is 5.69 Å². The van der Waals surface area contributed by atoms with Crippen LogP contribution >= 0.6 is 0 Å². The second-order valence-electron chi connectivity index (χ2n) is 7.92. The molecule has 0 aromatic heterocycles. The van der Waals surface area contributed by atoms with Crippen LogP contribution in [0.2, 0.25) is 0 Å². The van der Waals surface area contributed by atoms with Crippen molar-refractivity contribution in [1.82, 2.24) is 10.2 Å². The number of rotatable bonds is 6. The van der Waals surface area contributed by atoms with Crippen LogP contribution in [-0.2, 0) is 14.4 Å². The smallest absolute Gasteiger partial charge is 0.253 e. The number of anilines is 1. The number of carbonyl (C=O) groups is 4. The number of hydrogen-bond acceptors (Lipinski definition) is 4. The highest BCUT2D eigenvalue weighted by Gasteiger charge is 2.47. The van der Waals surface area contributed by atoms with Gasteiger partial charge in [-0.15, -0.1) is 0 Å². The summed E-state index contributed by atoms with van der Waals surface area (Å²) in [6.07, 6.45) is 5.49. The van der Waals surface area contributed by atoms with Gasteiger partial charge in [-0.3, -0.25) is 24.1 Å². The summed E-state index contributed by atoms with van der Waals surface area (Å²) in [5, 5.41) is 5.67. The average molecular weight is 383 g/mol. The minimum absolute atomic E-state index is 0.0233. The van der Waals surface area contributed by atoms with Gasteiger partial charge in [-0.2, -0.15) is 0 Å². The molecule has 3 fully saturated rings. The maximum absolute atomic E-state index is 12.5. The number of nitrogens with zero attached hydrogens (tertiary/aromatic N) is 1. The molecule has 0 spiro atoms. The van der Waals surface area contributed by atoms with Gasteiger partial charge in [0.1, 0.15) is 0 Å². The first-order valence-electron chi connectivity index (χ1n) is 10.1. The van der Waals surface area contributed by atoms with Gasteiger partial charge in [0.2, 0.25) is 17.7 Å². The Morgan fingerprint density at radius 3 is 2.25 bits per heavy atom. The zero-order valence-electron chi connectivity index (χ0n) is 15.8. The Bertz CT molecular complexity index is 794. The van der Waals surface area contributed by atoms with Crippen molar-refractivity contribution in [2.75, 3.05) is 11.9 Å². The molecule has 1 saturated heterocycles. The van der Waals surface area contributed by atoms with Gasteiger partial charge in [-0.05, 0) is 37.8 Å². The van der Waals surface area contributed by atoms with Crippen LogP contribution in [-0.4, -0.2) is 41.1 Å². The number of likely N-dealkylation sites (tertiary alicyclic amines) is 1. The molecule has 3 aliphatic rings. The van der Waals surface area contributed by atoms with Crippen molar-refractivity contribution < 1.29 is 19.2 Å². The van der Waals surface area contributed by atoms with E-state index in [9.17, 15) is 19.2 Å². The Hall–Kier alpha value is -2.70. The van der Waals surface area contributed by atoms with Crippen molar-refractivity contribution in [1.29, 1.82) is 0 Å². The van der Waals surface area contributed by atoms with E-state index < -0.39 is 0 Å². The Labute approximate surface area is 163 Å². The Morgan fingerprint density at radius 2 is 1.61 bits per heavy atom. The summed E-state index contributed by atoms with van der Waals surface area (Å²) < 4.78 is 0. The molecule has 148 valence electrons.